The van der Waals surface area contributed by atoms with Gasteiger partial charge in [0.1, 0.15) is 12.0 Å². The number of ether oxygens (including phenoxy) is 1. The van der Waals surface area contributed by atoms with Crippen molar-refractivity contribution in [3.8, 4) is 5.88 Å². The fourth-order valence-corrected chi connectivity index (χ4v) is 2.44. The molecule has 4 N–H and O–H groups in total. The molecule has 0 aromatic carbocycles. The van der Waals surface area contributed by atoms with Gasteiger partial charge in [0.25, 0.3) is 0 Å². The van der Waals surface area contributed by atoms with E-state index in [9.17, 15) is 5.11 Å². The zero-order valence-electron chi connectivity index (χ0n) is 12.2. The molecule has 1 aliphatic carbocycles. The van der Waals surface area contributed by atoms with E-state index in [1.807, 2.05) is 13.8 Å². The van der Waals surface area contributed by atoms with Crippen LogP contribution in [0.3, 0.4) is 0 Å². The van der Waals surface area contributed by atoms with Gasteiger partial charge < -0.3 is 20.9 Å². The Bertz CT molecular complexity index is 439. The van der Waals surface area contributed by atoms with Gasteiger partial charge >= 0.3 is 0 Å². The van der Waals surface area contributed by atoms with Crippen molar-refractivity contribution in [3.05, 3.63) is 6.33 Å². The second kappa shape index (κ2) is 6.74. The number of nitrogens with zero attached hydrogens (tertiary/aromatic N) is 2. The summed E-state index contributed by atoms with van der Waals surface area (Å²) in [7, 11) is 0. The Morgan fingerprint density at radius 2 is 2.05 bits per heavy atom. The SMILES string of the molecule is CC(C)Oc1ncnc(NC2CCCCCC2O)c1N. The third-order valence-electron chi connectivity index (χ3n) is 3.50. The predicted molar refractivity (Wildman–Crippen MR) is 78.7 cm³/mol. The number of aromatic nitrogens is 2. The third kappa shape index (κ3) is 3.72. The van der Waals surface area contributed by atoms with Crippen molar-refractivity contribution in [2.45, 2.75) is 64.2 Å². The molecule has 0 saturated heterocycles. The zero-order valence-corrected chi connectivity index (χ0v) is 12.2. The highest BCUT2D eigenvalue weighted by Gasteiger charge is 2.23. The Morgan fingerprint density at radius 1 is 1.30 bits per heavy atom. The molecule has 0 amide bonds. The van der Waals surface area contributed by atoms with Crippen LogP contribution in [0.5, 0.6) is 5.88 Å². The maximum Gasteiger partial charge on any atom is 0.242 e. The maximum absolute atomic E-state index is 10.1. The number of nitrogens with one attached hydrogen (secondary N) is 1. The number of nitrogens with two attached hydrogens (primary N) is 1. The fourth-order valence-electron chi connectivity index (χ4n) is 2.44. The molecule has 1 saturated carbocycles. The number of aliphatic hydroxyl groups is 1. The molecule has 20 heavy (non-hydrogen) atoms. The molecule has 1 heterocycles. The molecule has 1 aliphatic rings. The lowest BCUT2D eigenvalue weighted by molar-refractivity contribution is 0.144. The summed E-state index contributed by atoms with van der Waals surface area (Å²) in [5.41, 5.74) is 6.44. The standard InChI is InChI=1S/C14H24N4O2/c1-9(2)20-14-12(15)13(16-8-17-14)18-10-6-4-3-5-7-11(10)19/h8-11,19H,3-7,15H2,1-2H3,(H,16,17,18). The van der Waals surface area contributed by atoms with Crippen LogP contribution >= 0.6 is 0 Å². The summed E-state index contributed by atoms with van der Waals surface area (Å²) >= 11 is 0. The summed E-state index contributed by atoms with van der Waals surface area (Å²) in [5, 5.41) is 13.4. The average Bonchev–Trinajstić information content (AvgIpc) is 2.59. The van der Waals surface area contributed by atoms with Gasteiger partial charge in [-0.3, -0.25) is 0 Å². The number of nitrogen functional groups attached to an aromatic ring is 1. The smallest absolute Gasteiger partial charge is 0.242 e. The molecule has 1 aromatic rings. The molecule has 0 spiro atoms. The van der Waals surface area contributed by atoms with Crippen LogP contribution in [0.4, 0.5) is 11.5 Å². The molecule has 0 aliphatic heterocycles. The highest BCUT2D eigenvalue weighted by molar-refractivity contribution is 5.66. The van der Waals surface area contributed by atoms with E-state index < -0.39 is 0 Å². The van der Waals surface area contributed by atoms with Gasteiger partial charge in [0, 0.05) is 0 Å². The van der Waals surface area contributed by atoms with Crippen LogP contribution in [0.1, 0.15) is 46.0 Å². The van der Waals surface area contributed by atoms with Gasteiger partial charge in [0.15, 0.2) is 5.82 Å². The van der Waals surface area contributed by atoms with Gasteiger partial charge in [-0.05, 0) is 26.7 Å². The molecule has 1 fully saturated rings. The lowest BCUT2D eigenvalue weighted by Crippen LogP contribution is -2.33. The molecule has 6 heteroatoms. The number of aliphatic hydroxyl groups excluding tert-OH is 1. The van der Waals surface area contributed by atoms with Crippen molar-refractivity contribution in [1.29, 1.82) is 0 Å². The van der Waals surface area contributed by atoms with Crippen LogP contribution in [0, 0.1) is 0 Å². The molecule has 2 atom stereocenters. The summed E-state index contributed by atoms with van der Waals surface area (Å²) in [4.78, 5) is 8.22. The molecular weight excluding hydrogens is 256 g/mol. The van der Waals surface area contributed by atoms with Crippen LogP contribution in [0.25, 0.3) is 0 Å². The van der Waals surface area contributed by atoms with Gasteiger partial charge in [0.2, 0.25) is 5.88 Å². The molecule has 2 unspecified atom stereocenters. The van der Waals surface area contributed by atoms with Crippen LogP contribution in [-0.2, 0) is 0 Å². The third-order valence-corrected chi connectivity index (χ3v) is 3.50. The maximum atomic E-state index is 10.1. The summed E-state index contributed by atoms with van der Waals surface area (Å²) in [6, 6.07) is -0.0124. The Hall–Kier alpha value is -1.56. The average molecular weight is 280 g/mol. The van der Waals surface area contributed by atoms with Gasteiger partial charge in [-0.1, -0.05) is 19.3 Å². The molecule has 6 nitrogen and oxygen atoms in total. The number of hydrogen-bond acceptors (Lipinski definition) is 6. The summed E-state index contributed by atoms with van der Waals surface area (Å²) in [6.45, 7) is 3.84. The summed E-state index contributed by atoms with van der Waals surface area (Å²) in [6.07, 6.45) is 6.15. The first-order valence-electron chi connectivity index (χ1n) is 7.29. The van der Waals surface area contributed by atoms with E-state index in [0.717, 1.165) is 32.1 Å². The second-order valence-corrected chi connectivity index (χ2v) is 5.56. The van der Waals surface area contributed by atoms with E-state index in [1.54, 1.807) is 0 Å². The minimum atomic E-state index is -0.360. The van der Waals surface area contributed by atoms with Crippen molar-refractivity contribution < 1.29 is 9.84 Å². The molecule has 112 valence electrons. The van der Waals surface area contributed by atoms with Crippen molar-refractivity contribution in [2.75, 3.05) is 11.1 Å². The van der Waals surface area contributed by atoms with Crippen molar-refractivity contribution in [3.63, 3.8) is 0 Å². The second-order valence-electron chi connectivity index (χ2n) is 5.56. The fraction of sp³-hybridized carbons (Fsp3) is 0.714. The van der Waals surface area contributed by atoms with E-state index in [-0.39, 0.29) is 18.2 Å². The van der Waals surface area contributed by atoms with Crippen molar-refractivity contribution in [1.82, 2.24) is 9.97 Å². The molecule has 2 rings (SSSR count). The normalized spacial score (nSPS) is 23.4. The van der Waals surface area contributed by atoms with Crippen LogP contribution in [0.2, 0.25) is 0 Å². The highest BCUT2D eigenvalue weighted by atomic mass is 16.5. The van der Waals surface area contributed by atoms with Gasteiger partial charge in [-0.15, -0.1) is 0 Å². The molecule has 1 aromatic heterocycles. The van der Waals surface area contributed by atoms with E-state index in [1.165, 1.54) is 6.33 Å². The largest absolute Gasteiger partial charge is 0.473 e. The zero-order chi connectivity index (χ0) is 14.5. The lowest BCUT2D eigenvalue weighted by Gasteiger charge is -2.23. The molecule has 0 bridgehead atoms. The Morgan fingerprint density at radius 3 is 2.80 bits per heavy atom. The first kappa shape index (κ1) is 14.8. The predicted octanol–water partition coefficient (Wildman–Crippen LogP) is 1.95. The Labute approximate surface area is 119 Å². The minimum Gasteiger partial charge on any atom is -0.473 e. The monoisotopic (exact) mass is 280 g/mol. The summed E-state index contributed by atoms with van der Waals surface area (Å²) in [5.74, 6) is 0.933. The van der Waals surface area contributed by atoms with E-state index >= 15 is 0 Å². The quantitative estimate of drug-likeness (QED) is 0.730. The van der Waals surface area contributed by atoms with E-state index in [4.69, 9.17) is 10.5 Å². The Balaban J connectivity index is 2.12. The van der Waals surface area contributed by atoms with Crippen LogP contribution in [-0.4, -0.2) is 33.3 Å². The van der Waals surface area contributed by atoms with Crippen molar-refractivity contribution >= 4 is 11.5 Å². The molecular formula is C14H24N4O2. The van der Waals surface area contributed by atoms with Gasteiger partial charge in [0.05, 0.1) is 18.2 Å². The van der Waals surface area contributed by atoms with Crippen molar-refractivity contribution in [2.24, 2.45) is 0 Å². The van der Waals surface area contributed by atoms with Gasteiger partial charge in [-0.25, -0.2) is 4.98 Å². The van der Waals surface area contributed by atoms with E-state index in [2.05, 4.69) is 15.3 Å². The highest BCUT2D eigenvalue weighted by Crippen LogP contribution is 2.28. The summed E-state index contributed by atoms with van der Waals surface area (Å²) < 4.78 is 5.55. The molecule has 0 radical (unpaired) electrons. The first-order valence-corrected chi connectivity index (χ1v) is 7.29. The van der Waals surface area contributed by atoms with E-state index in [0.29, 0.717) is 17.4 Å². The first-order chi connectivity index (χ1) is 9.58. The Kier molecular flexibility index (Phi) is 5.00. The number of rotatable bonds is 4. The number of hydrogen-bond donors (Lipinski definition) is 3. The topological polar surface area (TPSA) is 93.3 Å². The lowest BCUT2D eigenvalue weighted by atomic mass is 10.1. The minimum absolute atomic E-state index is 0.00326. The number of anilines is 2. The van der Waals surface area contributed by atoms with Crippen LogP contribution < -0.4 is 15.8 Å². The van der Waals surface area contributed by atoms with Crippen LogP contribution in [0.15, 0.2) is 6.33 Å². The van der Waals surface area contributed by atoms with Gasteiger partial charge in [-0.2, -0.15) is 4.98 Å².